The topological polar surface area (TPSA) is 99.2 Å². The van der Waals surface area contributed by atoms with E-state index in [2.05, 4.69) is 71.2 Å². The average Bonchev–Trinajstić information content (AvgIpc) is 3.52. The zero-order valence-corrected chi connectivity index (χ0v) is 30.1. The molecule has 1 aliphatic rings. The molecule has 0 bridgehead atoms. The van der Waals surface area contributed by atoms with E-state index in [1.807, 2.05) is 71.5 Å². The Labute approximate surface area is 276 Å². The predicted molar refractivity (Wildman–Crippen MR) is 194 cm³/mol. The zero-order valence-electron chi connectivity index (χ0n) is 30.1. The number of hydrogen-bond donors (Lipinski definition) is 2. The minimum Gasteiger partial charge on any atom is -0.354 e. The molecule has 0 aliphatic carbocycles. The summed E-state index contributed by atoms with van der Waals surface area (Å²) in [7, 11) is 2.14. The second kappa shape index (κ2) is 18.9. The van der Waals surface area contributed by atoms with Crippen LogP contribution >= 0.6 is 0 Å². The number of piperazine rings is 1. The Morgan fingerprint density at radius 2 is 1.63 bits per heavy atom. The number of fused-ring (bicyclic) bond motifs is 1. The summed E-state index contributed by atoms with van der Waals surface area (Å²) in [5.41, 5.74) is 5.51. The van der Waals surface area contributed by atoms with Crippen molar-refractivity contribution in [2.24, 2.45) is 0 Å². The Morgan fingerprint density at radius 3 is 2.22 bits per heavy atom. The maximum atomic E-state index is 13.6. The number of hydrogen-bond acceptors (Lipinski definition) is 6. The smallest absolute Gasteiger partial charge is 0.253 e. The van der Waals surface area contributed by atoms with Gasteiger partial charge in [-0.1, -0.05) is 54.9 Å². The van der Waals surface area contributed by atoms with Crippen molar-refractivity contribution in [2.75, 3.05) is 38.1 Å². The van der Waals surface area contributed by atoms with Crippen LogP contribution in [0.15, 0.2) is 47.5 Å². The van der Waals surface area contributed by atoms with Crippen LogP contribution in [-0.4, -0.2) is 63.8 Å². The summed E-state index contributed by atoms with van der Waals surface area (Å²) in [6.07, 6.45) is 5.34. The molecule has 1 saturated heterocycles. The molecule has 4 heterocycles. The summed E-state index contributed by atoms with van der Waals surface area (Å²) < 4.78 is 1.94. The van der Waals surface area contributed by atoms with Gasteiger partial charge in [0.05, 0.1) is 17.3 Å². The van der Waals surface area contributed by atoms with E-state index in [0.29, 0.717) is 11.1 Å². The summed E-state index contributed by atoms with van der Waals surface area (Å²) >= 11 is 0. The van der Waals surface area contributed by atoms with Crippen molar-refractivity contribution in [1.29, 1.82) is 0 Å². The normalized spacial score (nSPS) is 12.8. The van der Waals surface area contributed by atoms with Crippen LogP contribution in [0.4, 0.5) is 5.82 Å². The lowest BCUT2D eigenvalue weighted by Gasteiger charge is -2.33. The lowest BCUT2D eigenvalue weighted by atomic mass is 10.00. The van der Waals surface area contributed by atoms with Crippen LogP contribution in [0.25, 0.3) is 22.0 Å². The molecule has 1 aromatic carbocycles. The largest absolute Gasteiger partial charge is 0.354 e. The highest BCUT2D eigenvalue weighted by Crippen LogP contribution is 2.30. The van der Waals surface area contributed by atoms with Gasteiger partial charge in [-0.2, -0.15) is 5.10 Å². The molecule has 5 rings (SSSR count). The summed E-state index contributed by atoms with van der Waals surface area (Å²) in [4.78, 5) is 38.7. The maximum absolute atomic E-state index is 13.6. The number of carbonyl (C=O) groups is 1. The van der Waals surface area contributed by atoms with Gasteiger partial charge in [0.2, 0.25) is 0 Å². The Bertz CT molecular complexity index is 1560. The van der Waals surface area contributed by atoms with E-state index in [1.165, 1.54) is 0 Å². The molecular formula is C37H57N7O2. The second-order valence-corrected chi connectivity index (χ2v) is 11.1. The Morgan fingerprint density at radius 1 is 0.957 bits per heavy atom. The number of likely N-dealkylation sites (N-methyl/N-ethyl adjacent to an activating group) is 1. The van der Waals surface area contributed by atoms with Gasteiger partial charge in [-0.3, -0.25) is 14.3 Å². The number of amides is 1. The van der Waals surface area contributed by atoms with Crippen LogP contribution in [-0.2, 0) is 13.0 Å². The zero-order chi connectivity index (χ0) is 34.4. The SMILES string of the molecule is CC.CC.CC.CCCc1cc(C)[nH]c(=O)c1CNC(=O)c1cc(-c2ccc(N3CCN(C)CC3)nc2)cc2c1cnn2C(C)C. The van der Waals surface area contributed by atoms with Crippen molar-refractivity contribution >= 4 is 22.6 Å². The lowest BCUT2D eigenvalue weighted by Crippen LogP contribution is -2.44. The third-order valence-electron chi connectivity index (χ3n) is 7.67. The number of rotatable bonds is 8. The first-order valence-corrected chi connectivity index (χ1v) is 17.2. The van der Waals surface area contributed by atoms with Crippen molar-refractivity contribution in [1.82, 2.24) is 30.0 Å². The van der Waals surface area contributed by atoms with E-state index in [1.54, 1.807) is 6.20 Å². The molecule has 9 nitrogen and oxygen atoms in total. The van der Waals surface area contributed by atoms with E-state index in [0.717, 1.165) is 78.1 Å². The van der Waals surface area contributed by atoms with Gasteiger partial charge in [-0.05, 0) is 75.7 Å². The number of aromatic nitrogens is 4. The van der Waals surface area contributed by atoms with Crippen LogP contribution in [0, 0.1) is 6.92 Å². The van der Waals surface area contributed by atoms with Gasteiger partial charge < -0.3 is 20.1 Å². The van der Waals surface area contributed by atoms with E-state index < -0.39 is 0 Å². The van der Waals surface area contributed by atoms with E-state index in [-0.39, 0.29) is 24.1 Å². The average molecular weight is 632 g/mol. The van der Waals surface area contributed by atoms with Gasteiger partial charge in [0.25, 0.3) is 11.5 Å². The Kier molecular flexibility index (Phi) is 15.7. The predicted octanol–water partition coefficient (Wildman–Crippen LogP) is 7.39. The number of aryl methyl sites for hydroxylation is 2. The van der Waals surface area contributed by atoms with Gasteiger partial charge in [0.1, 0.15) is 5.82 Å². The van der Waals surface area contributed by atoms with Gasteiger partial charge in [0, 0.05) is 67.2 Å². The summed E-state index contributed by atoms with van der Waals surface area (Å²) in [5.74, 6) is 0.730. The molecule has 4 aromatic rings. The third-order valence-corrected chi connectivity index (χ3v) is 7.67. The van der Waals surface area contributed by atoms with E-state index in [4.69, 9.17) is 4.98 Å². The number of anilines is 1. The molecule has 252 valence electrons. The van der Waals surface area contributed by atoms with Crippen LogP contribution in [0.5, 0.6) is 0 Å². The van der Waals surface area contributed by atoms with Crippen molar-refractivity contribution in [2.45, 2.75) is 94.7 Å². The molecule has 0 atom stereocenters. The third kappa shape index (κ3) is 9.28. The van der Waals surface area contributed by atoms with Crippen molar-refractivity contribution in [3.05, 3.63) is 75.5 Å². The number of nitrogens with zero attached hydrogens (tertiary/aromatic N) is 5. The van der Waals surface area contributed by atoms with Crippen molar-refractivity contribution in [3.63, 3.8) is 0 Å². The minimum atomic E-state index is -0.236. The van der Waals surface area contributed by atoms with Gasteiger partial charge >= 0.3 is 0 Å². The fraction of sp³-hybridized carbons (Fsp3) is 0.514. The number of H-pyrrole nitrogens is 1. The number of carbonyl (C=O) groups excluding carboxylic acids is 1. The van der Waals surface area contributed by atoms with Gasteiger partial charge in [-0.25, -0.2) is 4.98 Å². The molecule has 0 saturated carbocycles. The molecule has 46 heavy (non-hydrogen) atoms. The highest BCUT2D eigenvalue weighted by Gasteiger charge is 2.20. The first-order valence-electron chi connectivity index (χ1n) is 17.2. The first kappa shape index (κ1) is 38.2. The van der Waals surface area contributed by atoms with Gasteiger partial charge in [0.15, 0.2) is 0 Å². The number of nitrogens with one attached hydrogen (secondary N) is 2. The standard InChI is InChI=1S/C31H39N7O2.3C2H6/c1-6-7-22-14-21(4)35-31(40)26(22)18-33-30(39)25-15-24(16-28-27(25)19-34-38(28)20(2)3)23-8-9-29(32-17-23)37-12-10-36(5)11-13-37;3*1-2/h8-9,14-17,19-20H,6-7,10-13,18H2,1-5H3,(H,33,39)(H,35,40);3*1-2H3. The van der Waals surface area contributed by atoms with Crippen LogP contribution in [0.2, 0.25) is 0 Å². The summed E-state index contributed by atoms with van der Waals surface area (Å²) in [6, 6.07) is 10.2. The highest BCUT2D eigenvalue weighted by atomic mass is 16.1. The van der Waals surface area contributed by atoms with Crippen molar-refractivity contribution < 1.29 is 4.79 Å². The molecule has 1 aliphatic heterocycles. The molecule has 1 fully saturated rings. The maximum Gasteiger partial charge on any atom is 0.253 e. The highest BCUT2D eigenvalue weighted by molar-refractivity contribution is 6.08. The van der Waals surface area contributed by atoms with Gasteiger partial charge in [-0.15, -0.1) is 0 Å². The fourth-order valence-corrected chi connectivity index (χ4v) is 5.43. The Hall–Kier alpha value is -3.98. The second-order valence-electron chi connectivity index (χ2n) is 11.1. The summed E-state index contributed by atoms with van der Waals surface area (Å²) in [5, 5.41) is 8.39. The molecule has 9 heteroatoms. The molecule has 1 amide bonds. The minimum absolute atomic E-state index is 0.129. The first-order chi connectivity index (χ1) is 22.2. The van der Waals surface area contributed by atoms with Crippen LogP contribution in [0.1, 0.15) is 102 Å². The number of benzene rings is 1. The van der Waals surface area contributed by atoms with Crippen molar-refractivity contribution in [3.8, 4) is 11.1 Å². The van der Waals surface area contributed by atoms with E-state index >= 15 is 0 Å². The molecular weight excluding hydrogens is 574 g/mol. The summed E-state index contributed by atoms with van der Waals surface area (Å²) in [6.45, 7) is 24.2. The quantitative estimate of drug-likeness (QED) is 0.210. The van der Waals surface area contributed by atoms with Crippen LogP contribution in [0.3, 0.4) is 0 Å². The fourth-order valence-electron chi connectivity index (χ4n) is 5.43. The molecule has 0 spiro atoms. The molecule has 0 unspecified atom stereocenters. The lowest BCUT2D eigenvalue weighted by molar-refractivity contribution is 0.0952. The van der Waals surface area contributed by atoms with E-state index in [9.17, 15) is 9.59 Å². The Balaban J connectivity index is 0.00000116. The monoisotopic (exact) mass is 631 g/mol. The molecule has 0 radical (unpaired) electrons. The number of aromatic amines is 1. The molecule has 2 N–H and O–H groups in total. The number of pyridine rings is 2. The molecule has 3 aromatic heterocycles. The van der Waals surface area contributed by atoms with Crippen LogP contribution < -0.4 is 15.8 Å².